The Balaban J connectivity index is 1.77. The molecule has 1 atom stereocenters. The first-order valence-electron chi connectivity index (χ1n) is 6.47. The van der Waals surface area contributed by atoms with Crippen LogP contribution in [0.25, 0.3) is 11.4 Å². The third-order valence-corrected chi connectivity index (χ3v) is 3.15. The molecule has 1 N–H and O–H groups in total. The predicted molar refractivity (Wildman–Crippen MR) is 80.1 cm³/mol. The van der Waals surface area contributed by atoms with Gasteiger partial charge >= 0.3 is 0 Å². The van der Waals surface area contributed by atoms with Crippen LogP contribution in [0.3, 0.4) is 0 Å². The van der Waals surface area contributed by atoms with Crippen molar-refractivity contribution in [3.8, 4) is 17.1 Å². The lowest BCUT2D eigenvalue weighted by Gasteiger charge is -2.11. The molecule has 2 heterocycles. The van der Waals surface area contributed by atoms with Crippen LogP contribution < -0.4 is 4.74 Å². The Hall–Kier alpha value is -2.40. The van der Waals surface area contributed by atoms with Gasteiger partial charge in [0.25, 0.3) is 0 Å². The summed E-state index contributed by atoms with van der Waals surface area (Å²) in [5.41, 5.74) is 0.856. The lowest BCUT2D eigenvalue weighted by molar-refractivity contribution is 0.217. The highest BCUT2D eigenvalue weighted by Crippen LogP contribution is 2.23. The monoisotopic (exact) mass is 300 g/mol. The highest BCUT2D eigenvalue weighted by Gasteiger charge is 2.14. The minimum atomic E-state index is -0.263. The number of ether oxygens (including phenoxy) is 1. The Kier molecular flexibility index (Phi) is 3.83. The molecule has 0 aliphatic heterocycles. The molecule has 106 valence electrons. The normalized spacial score (nSPS) is 12.1. The van der Waals surface area contributed by atoms with Gasteiger partial charge in [0, 0.05) is 23.0 Å². The Morgan fingerprint density at radius 2 is 2.14 bits per heavy atom. The number of hydrogen-bond donors (Lipinski definition) is 1. The zero-order chi connectivity index (χ0) is 14.7. The van der Waals surface area contributed by atoms with Crippen LogP contribution >= 0.6 is 11.6 Å². The van der Waals surface area contributed by atoms with E-state index in [1.165, 1.54) is 0 Å². The molecule has 0 amide bonds. The van der Waals surface area contributed by atoms with Gasteiger partial charge in [-0.05, 0) is 37.3 Å². The predicted octanol–water partition coefficient (Wildman–Crippen LogP) is 3.66. The third-order valence-electron chi connectivity index (χ3n) is 2.92. The van der Waals surface area contributed by atoms with Gasteiger partial charge < -0.3 is 4.74 Å². The Bertz CT molecular complexity index is 729. The number of aromatic nitrogens is 4. The maximum atomic E-state index is 5.94. The van der Waals surface area contributed by atoms with Gasteiger partial charge in [0.2, 0.25) is 0 Å². The molecule has 0 aliphatic carbocycles. The molecule has 0 saturated heterocycles. The lowest BCUT2D eigenvalue weighted by Crippen LogP contribution is -2.05. The van der Waals surface area contributed by atoms with Crippen molar-refractivity contribution in [3.05, 3.63) is 59.6 Å². The minimum absolute atomic E-state index is 0.263. The zero-order valence-corrected chi connectivity index (χ0v) is 12.1. The van der Waals surface area contributed by atoms with Crippen molar-refractivity contribution in [2.75, 3.05) is 0 Å². The van der Waals surface area contributed by atoms with Gasteiger partial charge in [-0.25, -0.2) is 4.98 Å². The van der Waals surface area contributed by atoms with Crippen LogP contribution in [-0.2, 0) is 0 Å². The van der Waals surface area contributed by atoms with E-state index in [1.807, 2.05) is 31.2 Å². The van der Waals surface area contributed by atoms with Gasteiger partial charge in [0.05, 0.1) is 0 Å². The number of hydrogen-bond acceptors (Lipinski definition) is 4. The smallest absolute Gasteiger partial charge is 0.182 e. The van der Waals surface area contributed by atoms with Crippen LogP contribution in [0.15, 0.2) is 48.8 Å². The van der Waals surface area contributed by atoms with Crippen molar-refractivity contribution in [2.45, 2.75) is 13.0 Å². The van der Waals surface area contributed by atoms with Gasteiger partial charge in [-0.1, -0.05) is 17.7 Å². The summed E-state index contributed by atoms with van der Waals surface area (Å²) in [7, 11) is 0. The number of pyridine rings is 1. The van der Waals surface area contributed by atoms with Crippen molar-refractivity contribution >= 4 is 11.6 Å². The van der Waals surface area contributed by atoms with Gasteiger partial charge in [0.1, 0.15) is 5.75 Å². The van der Waals surface area contributed by atoms with Crippen LogP contribution in [0.5, 0.6) is 5.75 Å². The number of aromatic amines is 1. The highest BCUT2D eigenvalue weighted by molar-refractivity contribution is 6.30. The molecular weight excluding hydrogens is 288 g/mol. The summed E-state index contributed by atoms with van der Waals surface area (Å²) in [4.78, 5) is 8.49. The molecular formula is C15H13ClN4O. The minimum Gasteiger partial charge on any atom is -0.483 e. The van der Waals surface area contributed by atoms with Gasteiger partial charge in [0.15, 0.2) is 17.8 Å². The van der Waals surface area contributed by atoms with E-state index in [4.69, 9.17) is 16.3 Å². The van der Waals surface area contributed by atoms with Crippen LogP contribution in [0.1, 0.15) is 18.9 Å². The van der Waals surface area contributed by atoms with Crippen LogP contribution in [0.2, 0.25) is 5.02 Å². The second kappa shape index (κ2) is 5.93. The second-order valence-corrected chi connectivity index (χ2v) is 4.94. The number of benzene rings is 1. The van der Waals surface area contributed by atoms with E-state index < -0.39 is 0 Å². The first kappa shape index (κ1) is 13.6. The largest absolute Gasteiger partial charge is 0.483 e. The van der Waals surface area contributed by atoms with E-state index in [1.54, 1.807) is 24.5 Å². The van der Waals surface area contributed by atoms with E-state index >= 15 is 0 Å². The first-order valence-corrected chi connectivity index (χ1v) is 6.85. The number of halogens is 1. The fraction of sp³-hybridized carbons (Fsp3) is 0.133. The van der Waals surface area contributed by atoms with E-state index in [9.17, 15) is 0 Å². The fourth-order valence-electron chi connectivity index (χ4n) is 1.88. The molecule has 0 radical (unpaired) electrons. The lowest BCUT2D eigenvalue weighted by atomic mass is 10.3. The van der Waals surface area contributed by atoms with Gasteiger partial charge in [-0.2, -0.15) is 5.10 Å². The summed E-state index contributed by atoms with van der Waals surface area (Å²) in [6, 6.07) is 11.0. The average Bonchev–Trinajstić information content (AvgIpc) is 2.98. The van der Waals surface area contributed by atoms with Crippen LogP contribution in [-0.4, -0.2) is 20.2 Å². The maximum absolute atomic E-state index is 5.94. The van der Waals surface area contributed by atoms with Gasteiger partial charge in [-0.3, -0.25) is 10.1 Å². The van der Waals surface area contributed by atoms with Crippen molar-refractivity contribution in [3.63, 3.8) is 0 Å². The summed E-state index contributed by atoms with van der Waals surface area (Å²) in [6.07, 6.45) is 3.17. The van der Waals surface area contributed by atoms with Gasteiger partial charge in [-0.15, -0.1) is 0 Å². The Morgan fingerprint density at radius 3 is 2.90 bits per heavy atom. The molecule has 1 aromatic carbocycles. The summed E-state index contributed by atoms with van der Waals surface area (Å²) in [5, 5.41) is 7.71. The number of nitrogens with one attached hydrogen (secondary N) is 1. The van der Waals surface area contributed by atoms with Crippen molar-refractivity contribution < 1.29 is 4.74 Å². The standard InChI is InChI=1S/C15H13ClN4O/c1-10(21-13-6-2-5-12(16)8-13)14-18-15(20-19-14)11-4-3-7-17-9-11/h2-10H,1H3,(H,18,19,20)/t10-/m0/s1. The van der Waals surface area contributed by atoms with E-state index in [-0.39, 0.29) is 6.10 Å². The Morgan fingerprint density at radius 1 is 1.24 bits per heavy atom. The summed E-state index contributed by atoms with van der Waals surface area (Å²) >= 11 is 5.94. The second-order valence-electron chi connectivity index (χ2n) is 4.50. The van der Waals surface area contributed by atoms with E-state index in [0.29, 0.717) is 22.4 Å². The summed E-state index contributed by atoms with van der Waals surface area (Å²) < 4.78 is 5.80. The average molecular weight is 301 g/mol. The topological polar surface area (TPSA) is 63.7 Å². The molecule has 21 heavy (non-hydrogen) atoms. The molecule has 0 bridgehead atoms. The summed E-state index contributed by atoms with van der Waals surface area (Å²) in [5.74, 6) is 1.93. The van der Waals surface area contributed by atoms with Crippen molar-refractivity contribution in [1.82, 2.24) is 20.2 Å². The molecule has 5 nitrogen and oxygen atoms in total. The van der Waals surface area contributed by atoms with Crippen molar-refractivity contribution in [1.29, 1.82) is 0 Å². The molecule has 0 unspecified atom stereocenters. The summed E-state index contributed by atoms with van der Waals surface area (Å²) in [6.45, 7) is 1.90. The maximum Gasteiger partial charge on any atom is 0.182 e. The molecule has 0 spiro atoms. The van der Waals surface area contributed by atoms with Crippen LogP contribution in [0, 0.1) is 0 Å². The quantitative estimate of drug-likeness (QED) is 0.798. The number of H-pyrrole nitrogens is 1. The SMILES string of the molecule is C[C@H](Oc1cccc(Cl)c1)c1nc(-c2cccnc2)n[nH]1. The first-order chi connectivity index (χ1) is 10.2. The molecule has 0 aliphatic rings. The molecule has 0 saturated carbocycles. The Labute approximate surface area is 127 Å². The fourth-order valence-corrected chi connectivity index (χ4v) is 2.06. The molecule has 3 rings (SSSR count). The van der Waals surface area contributed by atoms with Crippen molar-refractivity contribution in [2.24, 2.45) is 0 Å². The van der Waals surface area contributed by atoms with Crippen LogP contribution in [0.4, 0.5) is 0 Å². The van der Waals surface area contributed by atoms with E-state index in [2.05, 4.69) is 20.2 Å². The molecule has 0 fully saturated rings. The highest BCUT2D eigenvalue weighted by atomic mass is 35.5. The third kappa shape index (κ3) is 3.20. The number of rotatable bonds is 4. The van der Waals surface area contributed by atoms with E-state index in [0.717, 1.165) is 5.56 Å². The molecule has 6 heteroatoms. The molecule has 3 aromatic rings. The molecule has 2 aromatic heterocycles. The number of nitrogens with zero attached hydrogens (tertiary/aromatic N) is 3. The zero-order valence-electron chi connectivity index (χ0n) is 11.3.